The third-order valence-electron chi connectivity index (χ3n) is 3.86. The molecule has 2 aromatic carbocycles. The number of carbonyl (C=O) groups is 1. The van der Waals surface area contributed by atoms with Gasteiger partial charge >= 0.3 is 0 Å². The minimum absolute atomic E-state index is 0.0527. The van der Waals surface area contributed by atoms with Crippen LogP contribution in [0.4, 0.5) is 5.69 Å². The summed E-state index contributed by atoms with van der Waals surface area (Å²) in [6.07, 6.45) is 1.28. The number of sulfonamides is 1. The lowest BCUT2D eigenvalue weighted by molar-refractivity contribution is 0.0956. The maximum absolute atomic E-state index is 12.5. The van der Waals surface area contributed by atoms with Crippen LogP contribution in [0.25, 0.3) is 0 Å². The number of hydrogen-bond donors (Lipinski definition) is 3. The third-order valence-corrected chi connectivity index (χ3v) is 6.62. The van der Waals surface area contributed by atoms with Crippen LogP contribution in [0.5, 0.6) is 11.5 Å². The summed E-state index contributed by atoms with van der Waals surface area (Å²) in [7, 11) is -3.80. The lowest BCUT2D eigenvalue weighted by atomic mass is 10.2. The molecule has 0 aliphatic heterocycles. The van der Waals surface area contributed by atoms with Gasteiger partial charge in [-0.1, -0.05) is 18.2 Å². The molecule has 0 saturated heterocycles. The number of amides is 1. The quantitative estimate of drug-likeness (QED) is 0.363. The standard InChI is InChI=1S/C20H19N3O5S2/c1-2-28-15-10-9-14(18(24)12-15)13-21-22-20(25)16-6-3-4-7-17(16)23-30(26,27)19-8-5-11-29-19/h3-13,23-24H,2H2,1H3,(H,22,25)/b21-13+. The minimum Gasteiger partial charge on any atom is -0.507 e. The van der Waals surface area contributed by atoms with Gasteiger partial charge in [-0.3, -0.25) is 9.52 Å². The number of carbonyl (C=O) groups excluding carboxylic acids is 1. The Labute approximate surface area is 177 Å². The lowest BCUT2D eigenvalue weighted by Gasteiger charge is -2.10. The number of hydrazone groups is 1. The van der Waals surface area contributed by atoms with Crippen molar-refractivity contribution in [3.8, 4) is 11.5 Å². The zero-order valence-corrected chi connectivity index (χ0v) is 17.5. The normalized spacial score (nSPS) is 11.4. The van der Waals surface area contributed by atoms with E-state index in [1.807, 2.05) is 6.92 Å². The van der Waals surface area contributed by atoms with Gasteiger partial charge in [0.2, 0.25) is 0 Å². The van der Waals surface area contributed by atoms with Gasteiger partial charge < -0.3 is 9.84 Å². The summed E-state index contributed by atoms with van der Waals surface area (Å²) in [5.41, 5.74) is 2.94. The second kappa shape index (κ2) is 9.42. The van der Waals surface area contributed by atoms with Crippen molar-refractivity contribution in [2.75, 3.05) is 11.3 Å². The van der Waals surface area contributed by atoms with Gasteiger partial charge in [0, 0.05) is 11.6 Å². The molecule has 0 radical (unpaired) electrons. The first-order chi connectivity index (χ1) is 14.4. The van der Waals surface area contributed by atoms with E-state index in [0.717, 1.165) is 11.3 Å². The number of ether oxygens (including phenoxy) is 1. The summed E-state index contributed by atoms with van der Waals surface area (Å²) in [6, 6.07) is 14.0. The molecule has 8 nitrogen and oxygen atoms in total. The molecule has 0 spiro atoms. The highest BCUT2D eigenvalue weighted by atomic mass is 32.2. The molecule has 0 aliphatic rings. The molecule has 3 rings (SSSR count). The Bertz CT molecular complexity index is 1160. The lowest BCUT2D eigenvalue weighted by Crippen LogP contribution is -2.21. The van der Waals surface area contributed by atoms with Gasteiger partial charge in [0.25, 0.3) is 15.9 Å². The number of anilines is 1. The second-order valence-corrected chi connectivity index (χ2v) is 8.79. The number of hydrogen-bond acceptors (Lipinski definition) is 7. The molecule has 1 amide bonds. The second-order valence-electron chi connectivity index (χ2n) is 5.94. The van der Waals surface area contributed by atoms with Crippen molar-refractivity contribution in [2.45, 2.75) is 11.1 Å². The Hall–Kier alpha value is -3.37. The Kier molecular flexibility index (Phi) is 6.70. The zero-order valence-electron chi connectivity index (χ0n) is 15.9. The summed E-state index contributed by atoms with van der Waals surface area (Å²) in [5, 5.41) is 15.5. The van der Waals surface area contributed by atoms with Gasteiger partial charge in [-0.25, -0.2) is 13.8 Å². The predicted molar refractivity (Wildman–Crippen MR) is 116 cm³/mol. The van der Waals surface area contributed by atoms with E-state index in [9.17, 15) is 18.3 Å². The molecule has 0 bridgehead atoms. The number of nitrogens with zero attached hydrogens (tertiary/aromatic N) is 1. The van der Waals surface area contributed by atoms with Crippen molar-refractivity contribution in [3.63, 3.8) is 0 Å². The molecule has 1 heterocycles. The Morgan fingerprint density at radius 3 is 2.70 bits per heavy atom. The fourth-order valence-corrected chi connectivity index (χ4v) is 4.56. The molecule has 1 aromatic heterocycles. The van der Waals surface area contributed by atoms with Gasteiger partial charge in [-0.05, 0) is 42.6 Å². The fourth-order valence-electron chi connectivity index (χ4n) is 2.49. The molecule has 3 N–H and O–H groups in total. The number of benzene rings is 2. The maximum Gasteiger partial charge on any atom is 0.273 e. The van der Waals surface area contributed by atoms with Crippen LogP contribution in [0.2, 0.25) is 0 Å². The maximum atomic E-state index is 12.5. The average Bonchev–Trinajstić information content (AvgIpc) is 3.26. The van der Waals surface area contributed by atoms with Gasteiger partial charge in [-0.15, -0.1) is 11.3 Å². The molecule has 3 aromatic rings. The molecule has 156 valence electrons. The highest BCUT2D eigenvalue weighted by molar-refractivity contribution is 7.94. The number of phenols is 1. The van der Waals surface area contributed by atoms with Crippen molar-refractivity contribution in [1.82, 2.24) is 5.43 Å². The predicted octanol–water partition coefficient (Wildman–Crippen LogP) is 3.42. The smallest absolute Gasteiger partial charge is 0.273 e. The van der Waals surface area contributed by atoms with E-state index in [-0.39, 0.29) is 21.2 Å². The molecule has 0 atom stereocenters. The van der Waals surface area contributed by atoms with Crippen LogP contribution in [-0.4, -0.2) is 32.3 Å². The summed E-state index contributed by atoms with van der Waals surface area (Å²) >= 11 is 1.07. The topological polar surface area (TPSA) is 117 Å². The first-order valence-corrected chi connectivity index (χ1v) is 11.2. The summed E-state index contributed by atoms with van der Waals surface area (Å²) < 4.78 is 32.8. The van der Waals surface area contributed by atoms with E-state index in [1.165, 1.54) is 30.5 Å². The van der Waals surface area contributed by atoms with Crippen molar-refractivity contribution < 1.29 is 23.1 Å². The molecular formula is C20H19N3O5S2. The van der Waals surface area contributed by atoms with Crippen molar-refractivity contribution in [1.29, 1.82) is 0 Å². The minimum atomic E-state index is -3.80. The zero-order chi connectivity index (χ0) is 21.6. The van der Waals surface area contributed by atoms with E-state index in [0.29, 0.717) is 17.9 Å². The number of aromatic hydroxyl groups is 1. The van der Waals surface area contributed by atoms with E-state index in [2.05, 4.69) is 15.2 Å². The van der Waals surface area contributed by atoms with Crippen LogP contribution in [0.3, 0.4) is 0 Å². The Balaban J connectivity index is 1.73. The van der Waals surface area contributed by atoms with Crippen LogP contribution in [-0.2, 0) is 10.0 Å². The molecule has 0 saturated carbocycles. The van der Waals surface area contributed by atoms with Gasteiger partial charge in [0.15, 0.2) is 0 Å². The summed E-state index contributed by atoms with van der Waals surface area (Å²) in [6.45, 7) is 2.30. The van der Waals surface area contributed by atoms with Crippen LogP contribution >= 0.6 is 11.3 Å². The van der Waals surface area contributed by atoms with Gasteiger partial charge in [0.05, 0.1) is 24.1 Å². The van der Waals surface area contributed by atoms with Crippen LogP contribution in [0.1, 0.15) is 22.8 Å². The van der Waals surface area contributed by atoms with Crippen molar-refractivity contribution in [2.24, 2.45) is 5.10 Å². The fraction of sp³-hybridized carbons (Fsp3) is 0.100. The van der Waals surface area contributed by atoms with E-state index >= 15 is 0 Å². The Morgan fingerprint density at radius 2 is 2.00 bits per heavy atom. The van der Waals surface area contributed by atoms with E-state index < -0.39 is 15.9 Å². The number of rotatable bonds is 8. The molecule has 10 heteroatoms. The number of thiophene rings is 1. The van der Waals surface area contributed by atoms with Crippen LogP contribution in [0.15, 0.2) is 69.3 Å². The highest BCUT2D eigenvalue weighted by Crippen LogP contribution is 2.24. The molecule has 0 unspecified atom stereocenters. The average molecular weight is 446 g/mol. The highest BCUT2D eigenvalue weighted by Gasteiger charge is 2.19. The molecule has 0 aliphatic carbocycles. The Morgan fingerprint density at radius 1 is 1.20 bits per heavy atom. The van der Waals surface area contributed by atoms with Crippen molar-refractivity contribution >= 4 is 39.2 Å². The first-order valence-electron chi connectivity index (χ1n) is 8.85. The van der Waals surface area contributed by atoms with Crippen molar-refractivity contribution in [3.05, 3.63) is 71.1 Å². The van der Waals surface area contributed by atoms with E-state index in [1.54, 1.807) is 35.7 Å². The largest absolute Gasteiger partial charge is 0.507 e. The van der Waals surface area contributed by atoms with E-state index in [4.69, 9.17) is 4.74 Å². The number of phenolic OH excluding ortho intramolecular Hbond substituents is 1. The van der Waals surface area contributed by atoms with Gasteiger partial charge in [-0.2, -0.15) is 5.10 Å². The third kappa shape index (κ3) is 5.16. The number of para-hydroxylation sites is 1. The monoisotopic (exact) mass is 445 g/mol. The SMILES string of the molecule is CCOc1ccc(/C=N/NC(=O)c2ccccc2NS(=O)(=O)c2cccs2)c(O)c1. The first kappa shape index (κ1) is 21.3. The van der Waals surface area contributed by atoms with Crippen LogP contribution < -0.4 is 14.9 Å². The summed E-state index contributed by atoms with van der Waals surface area (Å²) in [5.74, 6) is -0.146. The van der Waals surface area contributed by atoms with Crippen LogP contribution in [0, 0.1) is 0 Å². The summed E-state index contributed by atoms with van der Waals surface area (Å²) in [4.78, 5) is 12.5. The molecule has 0 fully saturated rings. The molecular weight excluding hydrogens is 426 g/mol. The van der Waals surface area contributed by atoms with Gasteiger partial charge in [0.1, 0.15) is 15.7 Å². The number of nitrogens with one attached hydrogen (secondary N) is 2. The molecule has 30 heavy (non-hydrogen) atoms.